The van der Waals surface area contributed by atoms with Crippen LogP contribution in [0, 0.1) is 0 Å². The zero-order chi connectivity index (χ0) is 49.8. The first kappa shape index (κ1) is 51.8. The molecule has 4 aliphatic rings. The number of benzene rings is 2. The molecule has 4 aliphatic heterocycles. The average Bonchev–Trinajstić information content (AvgIpc) is 4.21. The Morgan fingerprint density at radius 2 is 1.00 bits per heavy atom. The van der Waals surface area contributed by atoms with Crippen LogP contribution >= 0.6 is 23.2 Å². The normalized spacial score (nSPS) is 15.8. The van der Waals surface area contributed by atoms with Crippen LogP contribution in [0.4, 0.5) is 0 Å². The van der Waals surface area contributed by atoms with E-state index in [-0.39, 0.29) is 17.8 Å². The Kier molecular flexibility index (Phi) is 17.9. The average molecular weight is 1010 g/mol. The number of nitrogens with one attached hydrogen (secondary N) is 2. The summed E-state index contributed by atoms with van der Waals surface area (Å²) < 4.78 is 40.9. The van der Waals surface area contributed by atoms with Crippen LogP contribution in [0.5, 0.6) is 0 Å². The standard InChI is InChI=1S/C22H21ClN4O2.C21H18ClN3O5S.2C4H8O/c1-26(2)11-6-12-27-13-16(14-8-5-10-24-20(14)27)19-18(21(28)25-22(19)29)15-7-3-4-9-17(15)23;1-31(28,29)30-11-5-10-25-12-15(13-7-4-9-23-19(13)25)18-17(20(26)24-21(18)27)14-6-2-3-8-16(14)22;2*1-2-4-5-3-1/h3-5,7-10,13H,6,11-12H2,1-2H3,(H,25,28,29);2-4,6-9,12H,5,10-11H2,1H3,(H,24,26,27);2*1-4H2. The first-order chi connectivity index (χ1) is 33.7. The van der Waals surface area contributed by atoms with E-state index >= 15 is 0 Å². The summed E-state index contributed by atoms with van der Waals surface area (Å²) in [6.45, 7) is 6.13. The van der Waals surface area contributed by atoms with Gasteiger partial charge in [-0.05, 0) is 95.6 Å². The molecule has 0 unspecified atom stereocenters. The van der Waals surface area contributed by atoms with Crippen LogP contribution in [0.1, 0.15) is 60.8 Å². The van der Waals surface area contributed by atoms with Crippen LogP contribution in [-0.2, 0) is 56.0 Å². The number of nitrogens with zero attached hydrogens (tertiary/aromatic N) is 5. The van der Waals surface area contributed by atoms with Crippen molar-refractivity contribution in [2.24, 2.45) is 0 Å². The van der Waals surface area contributed by atoms with Crippen molar-refractivity contribution >= 4 is 101 Å². The zero-order valence-electron chi connectivity index (χ0n) is 39.2. The molecular formula is C51H55Cl2N7O9S. The van der Waals surface area contributed by atoms with E-state index in [1.165, 1.54) is 25.7 Å². The lowest BCUT2D eigenvalue weighted by Gasteiger charge is -2.10. The van der Waals surface area contributed by atoms with Gasteiger partial charge in [-0.1, -0.05) is 59.6 Å². The molecule has 2 N–H and O–H groups in total. The summed E-state index contributed by atoms with van der Waals surface area (Å²) in [7, 11) is 0.549. The van der Waals surface area contributed by atoms with Crippen molar-refractivity contribution < 1.29 is 41.3 Å². The molecule has 0 radical (unpaired) electrons. The van der Waals surface area contributed by atoms with Gasteiger partial charge in [-0.3, -0.25) is 34.0 Å². The van der Waals surface area contributed by atoms with Crippen molar-refractivity contribution in [2.75, 3.05) is 59.9 Å². The van der Waals surface area contributed by atoms with Crippen LogP contribution in [-0.4, -0.2) is 116 Å². The third-order valence-electron chi connectivity index (χ3n) is 11.5. The lowest BCUT2D eigenvalue weighted by atomic mass is 9.96. The smallest absolute Gasteiger partial charge is 0.264 e. The van der Waals surface area contributed by atoms with Gasteiger partial charge in [0.05, 0.1) is 35.2 Å². The quantitative estimate of drug-likeness (QED) is 0.0662. The van der Waals surface area contributed by atoms with Crippen LogP contribution in [0.2, 0.25) is 10.0 Å². The number of carbonyl (C=O) groups excluding carboxylic acids is 4. The van der Waals surface area contributed by atoms with E-state index in [0.717, 1.165) is 63.2 Å². The summed E-state index contributed by atoms with van der Waals surface area (Å²) in [6.07, 6.45) is 14.5. The van der Waals surface area contributed by atoms with E-state index in [2.05, 4.69) is 25.5 Å². The second-order valence-electron chi connectivity index (χ2n) is 16.9. The fraction of sp³-hybridized carbons (Fsp3) is 0.333. The number of aromatic nitrogens is 4. The minimum Gasteiger partial charge on any atom is -0.381 e. The molecule has 0 spiro atoms. The molecule has 8 heterocycles. The van der Waals surface area contributed by atoms with Crippen molar-refractivity contribution in [1.29, 1.82) is 0 Å². The number of ether oxygens (including phenoxy) is 2. The monoisotopic (exact) mass is 1010 g/mol. The van der Waals surface area contributed by atoms with Crippen molar-refractivity contribution in [2.45, 2.75) is 51.6 Å². The minimum absolute atomic E-state index is 0.0210. The van der Waals surface area contributed by atoms with Crippen molar-refractivity contribution in [3.05, 3.63) is 130 Å². The number of fused-ring (bicyclic) bond motifs is 2. The van der Waals surface area contributed by atoms with Crippen LogP contribution in [0.25, 0.3) is 44.4 Å². The van der Waals surface area contributed by atoms with E-state index in [9.17, 15) is 27.6 Å². The molecule has 70 heavy (non-hydrogen) atoms. The lowest BCUT2D eigenvalue weighted by Crippen LogP contribution is -2.22. The first-order valence-corrected chi connectivity index (χ1v) is 25.5. The Labute approximate surface area is 416 Å². The SMILES string of the molecule is C1CCOC1.C1CCOC1.CN(C)CCCn1cc(C2=C(c3ccccc3Cl)C(=O)NC2=O)c2cccnc21.CS(=O)(=O)OCCCn1cc(C2=C(c3ccccc3Cl)C(=O)NC2=O)c2cccnc21. The molecular weight excluding hydrogens is 958 g/mol. The largest absolute Gasteiger partial charge is 0.381 e. The van der Waals surface area contributed by atoms with Gasteiger partial charge in [0.2, 0.25) is 0 Å². The number of pyridine rings is 2. The molecule has 2 saturated heterocycles. The number of amides is 4. The summed E-state index contributed by atoms with van der Waals surface area (Å²) in [4.78, 5) is 61.8. The van der Waals surface area contributed by atoms with E-state index < -0.39 is 33.7 Å². The zero-order valence-corrected chi connectivity index (χ0v) is 41.5. The highest BCUT2D eigenvalue weighted by molar-refractivity contribution is 7.85. The number of carbonyl (C=O) groups is 4. The number of halogens is 2. The molecule has 4 aromatic heterocycles. The van der Waals surface area contributed by atoms with Gasteiger partial charge in [0, 0.05) is 107 Å². The second kappa shape index (κ2) is 24.2. The lowest BCUT2D eigenvalue weighted by molar-refractivity contribution is -0.124. The van der Waals surface area contributed by atoms with E-state index in [1.54, 1.807) is 73.2 Å². The Morgan fingerprint density at radius 3 is 1.37 bits per heavy atom. The van der Waals surface area contributed by atoms with Crippen LogP contribution < -0.4 is 10.6 Å². The fourth-order valence-electron chi connectivity index (χ4n) is 8.27. The molecule has 4 amide bonds. The van der Waals surface area contributed by atoms with E-state index in [1.807, 2.05) is 47.6 Å². The fourth-order valence-corrected chi connectivity index (χ4v) is 9.15. The Hall–Kier alpha value is -6.05. The molecule has 0 atom stereocenters. The molecule has 10 rings (SSSR count). The highest BCUT2D eigenvalue weighted by atomic mass is 35.5. The third kappa shape index (κ3) is 12.8. The van der Waals surface area contributed by atoms with Crippen molar-refractivity contribution in [3.8, 4) is 0 Å². The number of hydrogen-bond acceptors (Lipinski definition) is 12. The van der Waals surface area contributed by atoms with Crippen LogP contribution in [0.3, 0.4) is 0 Å². The maximum absolute atomic E-state index is 12.8. The molecule has 368 valence electrons. The van der Waals surface area contributed by atoms with Gasteiger partial charge in [0.25, 0.3) is 33.7 Å². The van der Waals surface area contributed by atoms with Gasteiger partial charge in [-0.25, -0.2) is 9.97 Å². The Balaban J connectivity index is 0.000000172. The number of rotatable bonds is 13. The molecule has 0 aliphatic carbocycles. The second-order valence-corrected chi connectivity index (χ2v) is 19.4. The predicted molar refractivity (Wildman–Crippen MR) is 271 cm³/mol. The van der Waals surface area contributed by atoms with E-state index in [4.69, 9.17) is 36.9 Å². The molecule has 0 bridgehead atoms. The molecule has 0 saturated carbocycles. The summed E-state index contributed by atoms with van der Waals surface area (Å²) >= 11 is 12.7. The first-order valence-electron chi connectivity index (χ1n) is 23.0. The number of hydrogen-bond donors (Lipinski definition) is 2. The highest BCUT2D eigenvalue weighted by Gasteiger charge is 2.36. The van der Waals surface area contributed by atoms with E-state index in [0.29, 0.717) is 67.4 Å². The molecule has 2 fully saturated rings. The Bertz CT molecular complexity index is 3040. The minimum atomic E-state index is -3.52. The predicted octanol–water partition coefficient (Wildman–Crippen LogP) is 7.43. The third-order valence-corrected chi connectivity index (χ3v) is 12.7. The summed E-state index contributed by atoms with van der Waals surface area (Å²) in [6, 6.07) is 21.2. The highest BCUT2D eigenvalue weighted by Crippen LogP contribution is 2.39. The molecule has 16 nitrogen and oxygen atoms in total. The van der Waals surface area contributed by atoms with Crippen molar-refractivity contribution in [1.82, 2.24) is 34.6 Å². The molecule has 19 heteroatoms. The molecule has 2 aromatic carbocycles. The number of imide groups is 2. The van der Waals surface area contributed by atoms with Gasteiger partial charge >= 0.3 is 0 Å². The van der Waals surface area contributed by atoms with Gasteiger partial charge in [-0.15, -0.1) is 0 Å². The maximum Gasteiger partial charge on any atom is 0.264 e. The number of aryl methyl sites for hydroxylation is 2. The van der Waals surface area contributed by atoms with Gasteiger partial charge < -0.3 is 23.5 Å². The van der Waals surface area contributed by atoms with Gasteiger partial charge in [0.15, 0.2) is 0 Å². The Morgan fingerprint density at radius 1 is 0.600 bits per heavy atom. The van der Waals surface area contributed by atoms with Crippen LogP contribution in [0.15, 0.2) is 97.6 Å². The van der Waals surface area contributed by atoms with Gasteiger partial charge in [0.1, 0.15) is 11.3 Å². The van der Waals surface area contributed by atoms with Crippen molar-refractivity contribution in [3.63, 3.8) is 0 Å². The van der Waals surface area contributed by atoms with Gasteiger partial charge in [-0.2, -0.15) is 8.42 Å². The molecule has 6 aromatic rings. The summed E-state index contributed by atoms with van der Waals surface area (Å²) in [5.41, 5.74) is 4.72. The summed E-state index contributed by atoms with van der Waals surface area (Å²) in [5.74, 6) is -1.88. The summed E-state index contributed by atoms with van der Waals surface area (Å²) in [5, 5.41) is 7.10. The topological polar surface area (TPSA) is 193 Å². The maximum atomic E-state index is 12.8.